The van der Waals surface area contributed by atoms with E-state index in [9.17, 15) is 4.57 Å². The van der Waals surface area contributed by atoms with Gasteiger partial charge in [-0.3, -0.25) is 4.57 Å². The van der Waals surface area contributed by atoms with Crippen LogP contribution in [0.15, 0.2) is 72.8 Å². The van der Waals surface area contributed by atoms with E-state index in [1.807, 2.05) is 93.5 Å². The van der Waals surface area contributed by atoms with Crippen LogP contribution < -0.4 is 15.5 Å². The van der Waals surface area contributed by atoms with Crippen LogP contribution in [0.1, 0.15) is 25.2 Å². The topological polar surface area (TPSA) is 41.6 Å². The van der Waals surface area contributed by atoms with E-state index in [0.717, 1.165) is 11.4 Å². The molecule has 32 heavy (non-hydrogen) atoms. The summed E-state index contributed by atoms with van der Waals surface area (Å²) in [6.07, 6.45) is 0. The van der Waals surface area contributed by atoms with Crippen LogP contribution in [0.4, 0.5) is 11.4 Å². The molecule has 3 aromatic rings. The minimum absolute atomic E-state index is 0.211. The highest BCUT2D eigenvalue weighted by Crippen LogP contribution is 2.60. The lowest BCUT2D eigenvalue weighted by Crippen LogP contribution is -2.22. The van der Waals surface area contributed by atoms with Gasteiger partial charge in [-0.05, 0) is 54.4 Å². The van der Waals surface area contributed by atoms with Crippen molar-refractivity contribution in [3.05, 3.63) is 88.4 Å². The SMILES string of the molecule is CC(C)CO[P@](=O)(c1ccc(N(C)C)cc1)[C@H](Nc1ccccc1)c1ccc(Cl)cc1Cl. The van der Waals surface area contributed by atoms with Crippen LogP contribution in [0.2, 0.25) is 10.0 Å². The van der Waals surface area contributed by atoms with E-state index in [0.29, 0.717) is 27.5 Å². The fraction of sp³-hybridized carbons (Fsp3) is 0.280. The summed E-state index contributed by atoms with van der Waals surface area (Å²) in [7, 11) is 0.466. The van der Waals surface area contributed by atoms with Gasteiger partial charge in [0.25, 0.3) is 7.37 Å². The average Bonchev–Trinajstić information content (AvgIpc) is 2.77. The second kappa shape index (κ2) is 10.8. The third-order valence-electron chi connectivity index (χ3n) is 5.00. The molecule has 0 heterocycles. The number of hydrogen-bond donors (Lipinski definition) is 1. The number of benzene rings is 3. The number of nitrogens with zero attached hydrogens (tertiary/aromatic N) is 1. The summed E-state index contributed by atoms with van der Waals surface area (Å²) < 4.78 is 21.0. The molecule has 4 nitrogen and oxygen atoms in total. The van der Waals surface area contributed by atoms with Gasteiger partial charge in [-0.2, -0.15) is 0 Å². The second-order valence-electron chi connectivity index (χ2n) is 8.28. The molecular weight excluding hydrogens is 462 g/mol. The summed E-state index contributed by atoms with van der Waals surface area (Å²) in [5.41, 5.74) is 2.51. The average molecular weight is 491 g/mol. The van der Waals surface area contributed by atoms with Crippen LogP contribution in [0, 0.1) is 5.92 Å². The fourth-order valence-corrected chi connectivity index (χ4v) is 6.46. The van der Waals surface area contributed by atoms with Crippen molar-refractivity contribution in [1.29, 1.82) is 0 Å². The third kappa shape index (κ3) is 5.88. The largest absolute Gasteiger partial charge is 0.378 e. The van der Waals surface area contributed by atoms with Gasteiger partial charge in [0.05, 0.1) is 6.61 Å². The van der Waals surface area contributed by atoms with Crippen LogP contribution in [-0.4, -0.2) is 20.7 Å². The summed E-state index contributed by atoms with van der Waals surface area (Å²) in [5.74, 6) is -0.485. The van der Waals surface area contributed by atoms with E-state index in [1.165, 1.54) is 0 Å². The first kappa shape index (κ1) is 24.7. The van der Waals surface area contributed by atoms with Gasteiger partial charge in [-0.1, -0.05) is 61.3 Å². The minimum Gasteiger partial charge on any atom is -0.378 e. The van der Waals surface area contributed by atoms with E-state index in [4.69, 9.17) is 27.7 Å². The van der Waals surface area contributed by atoms with Crippen molar-refractivity contribution < 1.29 is 9.09 Å². The number of anilines is 2. The fourth-order valence-electron chi connectivity index (χ4n) is 3.28. The molecule has 0 aliphatic heterocycles. The highest BCUT2D eigenvalue weighted by molar-refractivity contribution is 7.67. The van der Waals surface area contributed by atoms with Gasteiger partial charge < -0.3 is 14.7 Å². The van der Waals surface area contributed by atoms with Crippen molar-refractivity contribution in [1.82, 2.24) is 0 Å². The number of para-hydroxylation sites is 1. The van der Waals surface area contributed by atoms with Crippen LogP contribution in [-0.2, 0) is 9.09 Å². The number of halogens is 2. The Balaban J connectivity index is 2.16. The highest BCUT2D eigenvalue weighted by Gasteiger charge is 2.39. The standard InChI is InChI=1S/C25H29Cl2N2O2P/c1-18(2)17-31-32(30,22-13-11-21(12-14-22)29(3)4)25(28-20-8-6-5-7-9-20)23-15-10-19(26)16-24(23)27/h5-16,18,25,28H,17H2,1-4H3/t25-,32+/m0/s1. The van der Waals surface area contributed by atoms with E-state index in [1.54, 1.807) is 12.1 Å². The van der Waals surface area contributed by atoms with Crippen molar-refractivity contribution in [2.75, 3.05) is 30.9 Å². The molecule has 0 saturated heterocycles. The van der Waals surface area contributed by atoms with E-state index < -0.39 is 13.2 Å². The molecule has 0 unspecified atom stereocenters. The van der Waals surface area contributed by atoms with Crippen molar-refractivity contribution in [3.63, 3.8) is 0 Å². The molecule has 3 aromatic carbocycles. The van der Waals surface area contributed by atoms with E-state index in [2.05, 4.69) is 5.32 Å². The summed E-state index contributed by atoms with van der Waals surface area (Å²) in [4.78, 5) is 2.00. The van der Waals surface area contributed by atoms with Crippen LogP contribution >= 0.6 is 30.6 Å². The van der Waals surface area contributed by atoms with Gasteiger partial charge >= 0.3 is 0 Å². The predicted octanol–water partition coefficient (Wildman–Crippen LogP) is 7.45. The van der Waals surface area contributed by atoms with Gasteiger partial charge in [0.1, 0.15) is 5.78 Å². The van der Waals surface area contributed by atoms with Crippen LogP contribution in [0.5, 0.6) is 0 Å². The Morgan fingerprint density at radius 1 is 0.969 bits per heavy atom. The zero-order valence-corrected chi connectivity index (χ0v) is 21.2. The molecule has 2 atom stereocenters. The lowest BCUT2D eigenvalue weighted by Gasteiger charge is -2.31. The summed E-state index contributed by atoms with van der Waals surface area (Å²) in [6.45, 7) is 4.42. The molecular formula is C25H29Cl2N2O2P. The van der Waals surface area contributed by atoms with Crippen LogP contribution in [0.25, 0.3) is 0 Å². The Morgan fingerprint density at radius 3 is 2.19 bits per heavy atom. The first-order valence-corrected chi connectivity index (χ1v) is 12.9. The molecule has 0 aliphatic carbocycles. The zero-order valence-electron chi connectivity index (χ0n) is 18.8. The Morgan fingerprint density at radius 2 is 1.62 bits per heavy atom. The van der Waals surface area contributed by atoms with Gasteiger partial charge in [0.15, 0.2) is 0 Å². The minimum atomic E-state index is -3.47. The summed E-state index contributed by atoms with van der Waals surface area (Å²) in [6, 6.07) is 22.5. The Kier molecular flexibility index (Phi) is 8.30. The summed E-state index contributed by atoms with van der Waals surface area (Å²) in [5, 5.41) is 5.01. The van der Waals surface area contributed by atoms with E-state index >= 15 is 0 Å². The van der Waals surface area contributed by atoms with Gasteiger partial charge in [0.2, 0.25) is 0 Å². The molecule has 0 fully saturated rings. The molecule has 0 saturated carbocycles. The highest BCUT2D eigenvalue weighted by atomic mass is 35.5. The van der Waals surface area contributed by atoms with Crippen molar-refractivity contribution in [3.8, 4) is 0 Å². The van der Waals surface area contributed by atoms with Crippen molar-refractivity contribution >= 4 is 47.3 Å². The molecule has 1 N–H and O–H groups in total. The van der Waals surface area contributed by atoms with E-state index in [-0.39, 0.29) is 5.92 Å². The molecule has 0 aromatic heterocycles. The number of nitrogens with one attached hydrogen (secondary N) is 1. The molecule has 0 radical (unpaired) electrons. The van der Waals surface area contributed by atoms with Gasteiger partial charge in [0, 0.05) is 46.4 Å². The van der Waals surface area contributed by atoms with Crippen LogP contribution in [0.3, 0.4) is 0 Å². The lowest BCUT2D eigenvalue weighted by atomic mass is 10.2. The molecule has 3 rings (SSSR count). The Labute approximate surface area is 201 Å². The maximum atomic E-state index is 14.8. The molecule has 0 spiro atoms. The Bertz CT molecular complexity index is 1070. The normalized spacial score (nSPS) is 14.1. The van der Waals surface area contributed by atoms with Gasteiger partial charge in [-0.15, -0.1) is 0 Å². The maximum Gasteiger partial charge on any atom is 0.258 e. The zero-order chi connectivity index (χ0) is 23.3. The van der Waals surface area contributed by atoms with Crippen molar-refractivity contribution in [2.45, 2.75) is 19.6 Å². The second-order valence-corrected chi connectivity index (χ2v) is 11.6. The predicted molar refractivity (Wildman–Crippen MR) is 138 cm³/mol. The molecule has 170 valence electrons. The number of rotatable bonds is 9. The molecule has 0 amide bonds. The molecule has 7 heteroatoms. The van der Waals surface area contributed by atoms with Gasteiger partial charge in [-0.25, -0.2) is 0 Å². The first-order chi connectivity index (χ1) is 15.2. The Hall–Kier alpha value is -1.97. The third-order valence-corrected chi connectivity index (χ3v) is 8.20. The quantitative estimate of drug-likeness (QED) is 0.316. The maximum absolute atomic E-state index is 14.8. The number of hydrogen-bond acceptors (Lipinski definition) is 4. The van der Waals surface area contributed by atoms with Crippen molar-refractivity contribution in [2.24, 2.45) is 5.92 Å². The lowest BCUT2D eigenvalue weighted by molar-refractivity contribution is 0.272. The summed E-state index contributed by atoms with van der Waals surface area (Å²) >= 11 is 12.8. The molecule has 0 bridgehead atoms. The smallest absolute Gasteiger partial charge is 0.258 e. The monoisotopic (exact) mass is 490 g/mol. The first-order valence-electron chi connectivity index (χ1n) is 10.5. The molecule has 0 aliphatic rings.